The molecular formula is C28H33BrF2O6. The van der Waals surface area contributed by atoms with Crippen LogP contribution in [0.25, 0.3) is 0 Å². The molecule has 6 nitrogen and oxygen atoms in total. The second-order valence-electron chi connectivity index (χ2n) is 8.97. The average Bonchev–Trinajstić information content (AvgIpc) is 2.93. The second-order valence-corrected chi connectivity index (χ2v) is 9.88. The molecule has 0 aromatic heterocycles. The summed E-state index contributed by atoms with van der Waals surface area (Å²) in [6.45, 7) is 1.42. The van der Waals surface area contributed by atoms with E-state index in [1.807, 2.05) is 0 Å². The summed E-state index contributed by atoms with van der Waals surface area (Å²) < 4.78 is 47.4. The van der Waals surface area contributed by atoms with Crippen LogP contribution < -0.4 is 0 Å². The van der Waals surface area contributed by atoms with Gasteiger partial charge in [0.15, 0.2) is 0 Å². The van der Waals surface area contributed by atoms with E-state index in [4.69, 9.17) is 14.2 Å². The summed E-state index contributed by atoms with van der Waals surface area (Å²) in [5, 5.41) is 0. The van der Waals surface area contributed by atoms with Crippen molar-refractivity contribution in [3.05, 3.63) is 70.3 Å². The van der Waals surface area contributed by atoms with Gasteiger partial charge in [-0.25, -0.2) is 8.78 Å². The molecule has 2 heterocycles. The van der Waals surface area contributed by atoms with Crippen LogP contribution >= 0.6 is 15.9 Å². The van der Waals surface area contributed by atoms with Gasteiger partial charge in [-0.05, 0) is 85.0 Å². The largest absolute Gasteiger partial charge is 0.469 e. The second kappa shape index (κ2) is 14.5. The number of esters is 2. The van der Waals surface area contributed by atoms with Crippen molar-refractivity contribution in [2.24, 2.45) is 0 Å². The number of hydrogen-bond donors (Lipinski definition) is 0. The Morgan fingerprint density at radius 3 is 2.00 bits per heavy atom. The lowest BCUT2D eigenvalue weighted by molar-refractivity contribution is -0.140. The molecule has 0 saturated carbocycles. The summed E-state index contributed by atoms with van der Waals surface area (Å²) in [6, 6.07) is 8.97. The normalized spacial score (nSPS) is 20.2. The molecule has 0 radical (unpaired) electrons. The van der Waals surface area contributed by atoms with E-state index in [-0.39, 0.29) is 36.2 Å². The summed E-state index contributed by atoms with van der Waals surface area (Å²) in [7, 11) is 2.64. The highest BCUT2D eigenvalue weighted by atomic mass is 79.9. The summed E-state index contributed by atoms with van der Waals surface area (Å²) >= 11 is 3.27. The van der Waals surface area contributed by atoms with Gasteiger partial charge in [0.2, 0.25) is 0 Å². The third-order valence-corrected chi connectivity index (χ3v) is 7.32. The highest BCUT2D eigenvalue weighted by Crippen LogP contribution is 2.36. The van der Waals surface area contributed by atoms with Crippen LogP contribution in [0.15, 0.2) is 36.4 Å². The third-order valence-electron chi connectivity index (χ3n) is 6.45. The van der Waals surface area contributed by atoms with Crippen LogP contribution in [0.4, 0.5) is 8.78 Å². The summed E-state index contributed by atoms with van der Waals surface area (Å²) in [5.74, 6) is -1.52. The van der Waals surface area contributed by atoms with E-state index in [2.05, 4.69) is 20.7 Å². The molecule has 0 aliphatic carbocycles. The van der Waals surface area contributed by atoms with Crippen LogP contribution in [0.1, 0.15) is 77.8 Å². The molecule has 4 rings (SSSR count). The fourth-order valence-corrected chi connectivity index (χ4v) is 5.11. The summed E-state index contributed by atoms with van der Waals surface area (Å²) in [5.41, 5.74) is 3.00. The zero-order valence-corrected chi connectivity index (χ0v) is 22.7. The van der Waals surface area contributed by atoms with E-state index >= 15 is 0 Å². The van der Waals surface area contributed by atoms with Crippen LogP contribution in [0.2, 0.25) is 0 Å². The first-order valence-corrected chi connectivity index (χ1v) is 13.3. The van der Waals surface area contributed by atoms with E-state index in [1.165, 1.54) is 38.5 Å². The Morgan fingerprint density at radius 1 is 0.892 bits per heavy atom. The Bertz CT molecular complexity index is 1050. The zero-order chi connectivity index (χ0) is 26.8. The van der Waals surface area contributed by atoms with Gasteiger partial charge in [-0.15, -0.1) is 0 Å². The van der Waals surface area contributed by atoms with Crippen LogP contribution in [0.5, 0.6) is 0 Å². The number of alkyl halides is 1. The standard InChI is InChI=1S/C14H16BrFO3.C14H17FO3/c1-18-14(17)13(15)11-8-9(16)5-6-10(11)12-4-2-3-7-19-12;1-17-14(16)9-10-8-11(15)5-6-12(10)13-4-2-3-7-18-13/h5-6,8,12-13H,2-4,7H2,1H3;5-6,8,13H,2-4,7,9H2,1H3/t12-,13?;13-/m00/s1. The molecule has 9 heteroatoms. The van der Waals surface area contributed by atoms with Gasteiger partial charge in [0.1, 0.15) is 16.5 Å². The maximum absolute atomic E-state index is 13.4. The quantitative estimate of drug-likeness (QED) is 0.287. The molecule has 1 unspecified atom stereocenters. The van der Waals surface area contributed by atoms with Crippen molar-refractivity contribution in [3.8, 4) is 0 Å². The molecule has 2 aliphatic rings. The minimum absolute atomic E-state index is 0.0287. The lowest BCUT2D eigenvalue weighted by Gasteiger charge is -2.26. The number of carbonyl (C=O) groups is 2. The SMILES string of the molecule is COC(=O)C(Br)c1cc(F)ccc1[C@@H]1CCCCO1.COC(=O)Cc1cc(F)ccc1[C@@H]1CCCCO1. The predicted molar refractivity (Wildman–Crippen MR) is 137 cm³/mol. The number of methoxy groups -OCH3 is 2. The Hall–Kier alpha value is -2.36. The van der Waals surface area contributed by atoms with Gasteiger partial charge in [-0.2, -0.15) is 0 Å². The van der Waals surface area contributed by atoms with E-state index in [9.17, 15) is 18.4 Å². The lowest BCUT2D eigenvalue weighted by atomic mass is 9.95. The number of halogens is 3. The summed E-state index contributed by atoms with van der Waals surface area (Å²) in [6.07, 6.45) is 6.06. The summed E-state index contributed by atoms with van der Waals surface area (Å²) in [4.78, 5) is 22.3. The number of rotatable bonds is 6. The Labute approximate surface area is 224 Å². The van der Waals surface area contributed by atoms with Crippen molar-refractivity contribution in [2.45, 2.75) is 62.0 Å². The van der Waals surface area contributed by atoms with Crippen molar-refractivity contribution in [2.75, 3.05) is 27.4 Å². The van der Waals surface area contributed by atoms with Crippen molar-refractivity contribution < 1.29 is 37.3 Å². The molecule has 3 atom stereocenters. The van der Waals surface area contributed by atoms with Crippen molar-refractivity contribution >= 4 is 27.9 Å². The molecule has 2 fully saturated rings. The Morgan fingerprint density at radius 2 is 1.46 bits per heavy atom. The van der Waals surface area contributed by atoms with Crippen molar-refractivity contribution in [1.29, 1.82) is 0 Å². The van der Waals surface area contributed by atoms with Crippen LogP contribution in [0.3, 0.4) is 0 Å². The molecular weight excluding hydrogens is 550 g/mol. The first kappa shape index (κ1) is 29.2. The molecule has 2 saturated heterocycles. The molecule has 0 amide bonds. The minimum atomic E-state index is -0.672. The van der Waals surface area contributed by atoms with Gasteiger partial charge in [0.05, 0.1) is 32.8 Å². The van der Waals surface area contributed by atoms with Crippen molar-refractivity contribution in [1.82, 2.24) is 0 Å². The maximum atomic E-state index is 13.4. The molecule has 2 aromatic rings. The van der Waals surface area contributed by atoms with E-state index in [0.717, 1.165) is 56.3 Å². The smallest absolute Gasteiger partial charge is 0.324 e. The average molecular weight is 583 g/mol. The van der Waals surface area contributed by atoms with E-state index in [1.54, 1.807) is 12.1 Å². The molecule has 202 valence electrons. The van der Waals surface area contributed by atoms with Gasteiger partial charge in [0, 0.05) is 13.2 Å². The third kappa shape index (κ3) is 8.32. The molecule has 0 bridgehead atoms. The van der Waals surface area contributed by atoms with Gasteiger partial charge in [0.25, 0.3) is 0 Å². The minimum Gasteiger partial charge on any atom is -0.469 e. The van der Waals surface area contributed by atoms with E-state index < -0.39 is 10.8 Å². The highest BCUT2D eigenvalue weighted by molar-refractivity contribution is 9.09. The van der Waals surface area contributed by atoms with Crippen molar-refractivity contribution in [3.63, 3.8) is 0 Å². The highest BCUT2D eigenvalue weighted by Gasteiger charge is 2.27. The van der Waals surface area contributed by atoms with Gasteiger partial charge < -0.3 is 18.9 Å². The fraction of sp³-hybridized carbons (Fsp3) is 0.500. The molecule has 37 heavy (non-hydrogen) atoms. The number of benzene rings is 2. The fourth-order valence-electron chi connectivity index (χ4n) is 4.53. The predicted octanol–water partition coefficient (Wildman–Crippen LogP) is 6.46. The van der Waals surface area contributed by atoms with Gasteiger partial charge in [-0.1, -0.05) is 28.1 Å². The topological polar surface area (TPSA) is 71.1 Å². The zero-order valence-electron chi connectivity index (χ0n) is 21.1. The number of carbonyl (C=O) groups excluding carboxylic acids is 2. The number of hydrogen-bond acceptors (Lipinski definition) is 6. The van der Waals surface area contributed by atoms with Gasteiger partial charge >= 0.3 is 11.9 Å². The lowest BCUT2D eigenvalue weighted by Crippen LogP contribution is -2.17. The van der Waals surface area contributed by atoms with E-state index in [0.29, 0.717) is 17.7 Å². The molecule has 2 aliphatic heterocycles. The molecule has 0 N–H and O–H groups in total. The van der Waals surface area contributed by atoms with Gasteiger partial charge in [-0.3, -0.25) is 9.59 Å². The first-order valence-electron chi connectivity index (χ1n) is 12.4. The maximum Gasteiger partial charge on any atom is 0.324 e. The first-order chi connectivity index (χ1) is 17.8. The monoisotopic (exact) mass is 582 g/mol. The molecule has 2 aromatic carbocycles. The molecule has 0 spiro atoms. The van der Waals surface area contributed by atoms with Crippen LogP contribution in [-0.4, -0.2) is 39.4 Å². The van der Waals surface area contributed by atoms with Crippen LogP contribution in [0, 0.1) is 11.6 Å². The van der Waals surface area contributed by atoms with Crippen LogP contribution in [-0.2, 0) is 35.0 Å². The Balaban J connectivity index is 0.000000206. The Kier molecular flexibility index (Phi) is 11.5. The number of ether oxygens (including phenoxy) is 4.